The zero-order valence-electron chi connectivity index (χ0n) is 19.1. The lowest BCUT2D eigenvalue weighted by atomic mass is 10.0. The quantitative estimate of drug-likeness (QED) is 0.314. The smallest absolute Gasteiger partial charge is 0.259 e. The SMILES string of the molecule is CC(NC(=O)CCSCc1nc2sc3c(c2c(=O)[nH]1)CCC3)c1ccc(-c2ccccc2)cc1. The van der Waals surface area contributed by atoms with E-state index in [4.69, 9.17) is 0 Å². The van der Waals surface area contributed by atoms with Crippen molar-refractivity contribution >= 4 is 39.2 Å². The highest BCUT2D eigenvalue weighted by atomic mass is 32.2. The number of amides is 1. The lowest BCUT2D eigenvalue weighted by Crippen LogP contribution is -2.26. The number of nitrogens with one attached hydrogen (secondary N) is 2. The van der Waals surface area contributed by atoms with Crippen LogP contribution >= 0.6 is 23.1 Å². The summed E-state index contributed by atoms with van der Waals surface area (Å²) in [6.45, 7) is 2.00. The highest BCUT2D eigenvalue weighted by Gasteiger charge is 2.21. The van der Waals surface area contributed by atoms with Gasteiger partial charge in [-0.15, -0.1) is 11.3 Å². The fourth-order valence-corrected chi connectivity index (χ4v) is 6.53. The van der Waals surface area contributed by atoms with Gasteiger partial charge in [-0.1, -0.05) is 54.6 Å². The van der Waals surface area contributed by atoms with E-state index in [1.54, 1.807) is 23.1 Å². The van der Waals surface area contributed by atoms with Gasteiger partial charge in [-0.25, -0.2) is 4.98 Å². The molecule has 0 aliphatic heterocycles. The number of thiophene rings is 1. The maximum atomic E-state index is 12.6. The number of thioether (sulfide) groups is 1. The normalized spacial score (nSPS) is 13.7. The maximum Gasteiger partial charge on any atom is 0.259 e. The summed E-state index contributed by atoms with van der Waals surface area (Å²) in [5, 5.41) is 3.87. The maximum absolute atomic E-state index is 12.6. The summed E-state index contributed by atoms with van der Waals surface area (Å²) in [4.78, 5) is 34.8. The molecule has 0 spiro atoms. The van der Waals surface area contributed by atoms with E-state index >= 15 is 0 Å². The molecule has 2 aromatic heterocycles. The first-order valence-electron chi connectivity index (χ1n) is 11.6. The Morgan fingerprint density at radius 2 is 1.88 bits per heavy atom. The van der Waals surface area contributed by atoms with Crippen LogP contribution in [0.2, 0.25) is 0 Å². The number of hydrogen-bond acceptors (Lipinski definition) is 5. The number of carbonyl (C=O) groups excluding carboxylic acids is 1. The van der Waals surface area contributed by atoms with Crippen LogP contribution in [0.1, 0.15) is 47.6 Å². The van der Waals surface area contributed by atoms with Gasteiger partial charge in [-0.2, -0.15) is 11.8 Å². The topological polar surface area (TPSA) is 74.8 Å². The van der Waals surface area contributed by atoms with Crippen LogP contribution in [-0.2, 0) is 23.4 Å². The lowest BCUT2D eigenvalue weighted by Gasteiger charge is -2.15. The molecule has 2 aromatic carbocycles. The number of benzene rings is 2. The van der Waals surface area contributed by atoms with Crippen molar-refractivity contribution in [1.82, 2.24) is 15.3 Å². The first kappa shape index (κ1) is 22.9. The van der Waals surface area contributed by atoms with Crippen LogP contribution < -0.4 is 10.9 Å². The van der Waals surface area contributed by atoms with E-state index in [2.05, 4.69) is 51.7 Å². The standard InChI is InChI=1S/C27H27N3O2S2/c1-17(18-10-12-20(13-11-18)19-6-3-2-4-7-19)28-24(31)14-15-33-16-23-29-26(32)25-21-8-5-9-22(21)34-27(25)30-23/h2-4,6-7,10-13,17H,5,8-9,14-16H2,1H3,(H,28,31)(H,29,30,32). The van der Waals surface area contributed by atoms with E-state index in [0.717, 1.165) is 40.6 Å². The number of hydrogen-bond donors (Lipinski definition) is 2. The van der Waals surface area contributed by atoms with Crippen molar-refractivity contribution in [1.29, 1.82) is 0 Å². The molecule has 2 N–H and O–H groups in total. The fraction of sp³-hybridized carbons (Fsp3) is 0.296. The summed E-state index contributed by atoms with van der Waals surface area (Å²) in [6.07, 6.45) is 3.61. The van der Waals surface area contributed by atoms with Gasteiger partial charge in [0.25, 0.3) is 5.56 Å². The minimum atomic E-state index is -0.0523. The number of fused-ring (bicyclic) bond motifs is 3. The Balaban J connectivity index is 1.10. The minimum absolute atomic E-state index is 0.0233. The zero-order chi connectivity index (χ0) is 23.5. The molecule has 2 heterocycles. The van der Waals surface area contributed by atoms with Crippen LogP contribution in [0.25, 0.3) is 21.3 Å². The number of aromatic nitrogens is 2. The van der Waals surface area contributed by atoms with Gasteiger partial charge in [0.2, 0.25) is 5.91 Å². The Hall–Kier alpha value is -2.90. The third-order valence-electron chi connectivity index (χ3n) is 6.23. The Morgan fingerprint density at radius 3 is 2.68 bits per heavy atom. The zero-order valence-corrected chi connectivity index (χ0v) is 20.7. The third kappa shape index (κ3) is 4.95. The number of carbonyl (C=O) groups is 1. The molecule has 0 bridgehead atoms. The largest absolute Gasteiger partial charge is 0.350 e. The average molecular weight is 490 g/mol. The summed E-state index contributed by atoms with van der Waals surface area (Å²) >= 11 is 3.27. The molecule has 5 rings (SSSR count). The molecule has 1 aliphatic carbocycles. The monoisotopic (exact) mass is 489 g/mol. The van der Waals surface area contributed by atoms with Gasteiger partial charge >= 0.3 is 0 Å². The van der Waals surface area contributed by atoms with Crippen LogP contribution in [0.3, 0.4) is 0 Å². The van der Waals surface area contributed by atoms with E-state index in [-0.39, 0.29) is 17.5 Å². The Bertz CT molecular complexity index is 1360. The van der Waals surface area contributed by atoms with Gasteiger partial charge in [0, 0.05) is 17.1 Å². The van der Waals surface area contributed by atoms with E-state index in [1.165, 1.54) is 16.0 Å². The molecule has 0 radical (unpaired) electrons. The fourth-order valence-electron chi connectivity index (χ4n) is 4.44. The molecule has 1 unspecified atom stereocenters. The minimum Gasteiger partial charge on any atom is -0.350 e. The van der Waals surface area contributed by atoms with E-state index < -0.39 is 0 Å². The third-order valence-corrected chi connectivity index (χ3v) is 8.39. The van der Waals surface area contributed by atoms with Gasteiger partial charge in [-0.3, -0.25) is 9.59 Å². The van der Waals surface area contributed by atoms with Crippen molar-refractivity contribution in [3.63, 3.8) is 0 Å². The summed E-state index contributed by atoms with van der Waals surface area (Å²) in [7, 11) is 0. The number of nitrogens with zero attached hydrogens (tertiary/aromatic N) is 1. The second-order valence-corrected chi connectivity index (χ2v) is 10.8. The predicted octanol–water partition coefficient (Wildman–Crippen LogP) is 5.64. The molecular weight excluding hydrogens is 462 g/mol. The molecule has 34 heavy (non-hydrogen) atoms. The molecular formula is C27H27N3O2S2. The van der Waals surface area contributed by atoms with Crippen LogP contribution in [-0.4, -0.2) is 21.6 Å². The number of aryl methyl sites for hydroxylation is 2. The Kier molecular flexibility index (Phi) is 6.83. The van der Waals surface area contributed by atoms with Crippen LogP contribution in [0, 0.1) is 0 Å². The van der Waals surface area contributed by atoms with Crippen molar-refractivity contribution in [3.8, 4) is 11.1 Å². The molecule has 1 atom stereocenters. The molecule has 4 aromatic rings. The van der Waals surface area contributed by atoms with Crippen LogP contribution in [0.15, 0.2) is 59.4 Å². The summed E-state index contributed by atoms with van der Waals surface area (Å²) < 4.78 is 0. The van der Waals surface area contributed by atoms with Crippen molar-refractivity contribution in [2.24, 2.45) is 0 Å². The molecule has 7 heteroatoms. The van der Waals surface area contributed by atoms with E-state index in [9.17, 15) is 9.59 Å². The van der Waals surface area contributed by atoms with Gasteiger partial charge in [0.05, 0.1) is 17.2 Å². The Morgan fingerprint density at radius 1 is 1.12 bits per heavy atom. The van der Waals surface area contributed by atoms with E-state index in [1.807, 2.05) is 25.1 Å². The van der Waals surface area contributed by atoms with E-state index in [0.29, 0.717) is 23.8 Å². The van der Waals surface area contributed by atoms with Crippen molar-refractivity contribution in [2.75, 3.05) is 5.75 Å². The van der Waals surface area contributed by atoms with Crippen molar-refractivity contribution in [2.45, 2.75) is 44.4 Å². The predicted molar refractivity (Wildman–Crippen MR) is 141 cm³/mol. The van der Waals surface area contributed by atoms with Crippen molar-refractivity contribution < 1.29 is 4.79 Å². The molecule has 0 fully saturated rings. The molecule has 174 valence electrons. The molecule has 1 amide bonds. The highest BCUT2D eigenvalue weighted by molar-refractivity contribution is 7.98. The summed E-state index contributed by atoms with van der Waals surface area (Å²) in [5.41, 5.74) is 4.61. The first-order chi connectivity index (χ1) is 16.6. The second-order valence-electron chi connectivity index (χ2n) is 8.63. The summed E-state index contributed by atoms with van der Waals surface area (Å²) in [5.74, 6) is 1.99. The van der Waals surface area contributed by atoms with Crippen LogP contribution in [0.4, 0.5) is 0 Å². The second kappa shape index (κ2) is 10.2. The van der Waals surface area contributed by atoms with Gasteiger partial charge in [-0.05, 0) is 48.4 Å². The van der Waals surface area contributed by atoms with Gasteiger partial charge in [0.15, 0.2) is 0 Å². The van der Waals surface area contributed by atoms with Gasteiger partial charge < -0.3 is 10.3 Å². The molecule has 1 aliphatic rings. The average Bonchev–Trinajstić information content (AvgIpc) is 3.43. The molecule has 5 nitrogen and oxygen atoms in total. The molecule has 0 saturated carbocycles. The number of rotatable bonds is 8. The first-order valence-corrected chi connectivity index (χ1v) is 13.6. The van der Waals surface area contributed by atoms with Crippen LogP contribution in [0.5, 0.6) is 0 Å². The number of aromatic amines is 1. The Labute approximate surface area is 207 Å². The summed E-state index contributed by atoms with van der Waals surface area (Å²) in [6, 6.07) is 18.5. The van der Waals surface area contributed by atoms with Crippen molar-refractivity contribution in [3.05, 3.63) is 86.8 Å². The van der Waals surface area contributed by atoms with Gasteiger partial charge in [0.1, 0.15) is 10.7 Å². The number of H-pyrrole nitrogens is 1. The molecule has 0 saturated heterocycles. The highest BCUT2D eigenvalue weighted by Crippen LogP contribution is 2.34. The lowest BCUT2D eigenvalue weighted by molar-refractivity contribution is -0.121.